The number of halogens is 1. The van der Waals surface area contributed by atoms with Gasteiger partial charge in [0.1, 0.15) is 0 Å². The molecule has 0 aromatic heterocycles. The molecular weight excluding hydrogens is 292 g/mol. The minimum atomic E-state index is -0.499. The molecule has 0 atom stereocenters. The van der Waals surface area contributed by atoms with Gasteiger partial charge in [0.25, 0.3) is 5.69 Å². The molecule has 0 aliphatic rings. The number of para-hydroxylation sites is 1. The topological polar surface area (TPSA) is 72.2 Å². The number of nitrogens with zero attached hydrogens (tertiary/aromatic N) is 1. The van der Waals surface area contributed by atoms with Crippen LogP contribution in [0.4, 0.5) is 11.4 Å². The van der Waals surface area contributed by atoms with Gasteiger partial charge in [0.05, 0.1) is 22.1 Å². The van der Waals surface area contributed by atoms with Crippen molar-refractivity contribution in [2.45, 2.75) is 13.3 Å². The molecule has 0 radical (unpaired) electrons. The molecule has 0 aliphatic heterocycles. The van der Waals surface area contributed by atoms with E-state index >= 15 is 0 Å². The number of nitro groups is 1. The second kappa shape index (κ2) is 6.37. The molecule has 0 fully saturated rings. The monoisotopic (exact) mass is 304 g/mol. The predicted octanol–water partition coefficient (Wildman–Crippen LogP) is 3.74. The summed E-state index contributed by atoms with van der Waals surface area (Å²) in [5.74, 6) is -0.352. The Bertz CT molecular complexity index is 701. The lowest BCUT2D eigenvalue weighted by Crippen LogP contribution is -2.15. The Labute approximate surface area is 126 Å². The number of carbonyl (C=O) groups excluding carboxylic acids is 1. The fraction of sp³-hybridized carbons (Fsp3) is 0.133. The van der Waals surface area contributed by atoms with Crippen molar-refractivity contribution >= 4 is 28.9 Å². The van der Waals surface area contributed by atoms with Crippen molar-refractivity contribution in [2.24, 2.45) is 0 Å². The van der Waals surface area contributed by atoms with Crippen LogP contribution in [0.3, 0.4) is 0 Å². The number of nitrogens with one attached hydrogen (secondary N) is 1. The Morgan fingerprint density at radius 1 is 1.29 bits per heavy atom. The number of nitro benzene ring substituents is 1. The first kappa shape index (κ1) is 15.0. The van der Waals surface area contributed by atoms with E-state index in [2.05, 4.69) is 5.32 Å². The van der Waals surface area contributed by atoms with Crippen LogP contribution in [0.5, 0.6) is 0 Å². The molecule has 0 unspecified atom stereocenters. The third-order valence-corrected chi connectivity index (χ3v) is 3.25. The maximum atomic E-state index is 12.0. The molecule has 0 saturated heterocycles. The van der Waals surface area contributed by atoms with Crippen molar-refractivity contribution in [2.75, 3.05) is 5.32 Å². The molecular formula is C15H13ClN2O3. The highest BCUT2D eigenvalue weighted by Crippen LogP contribution is 2.24. The summed E-state index contributed by atoms with van der Waals surface area (Å²) in [6.45, 7) is 1.89. The molecule has 6 heteroatoms. The van der Waals surface area contributed by atoms with Crippen molar-refractivity contribution in [1.82, 2.24) is 0 Å². The van der Waals surface area contributed by atoms with E-state index in [0.29, 0.717) is 16.3 Å². The van der Waals surface area contributed by atoms with Gasteiger partial charge in [-0.3, -0.25) is 14.9 Å². The van der Waals surface area contributed by atoms with Gasteiger partial charge in [-0.1, -0.05) is 35.9 Å². The summed E-state index contributed by atoms with van der Waals surface area (Å²) in [5, 5.41) is 14.0. The van der Waals surface area contributed by atoms with Crippen LogP contribution >= 0.6 is 11.6 Å². The van der Waals surface area contributed by atoms with E-state index in [-0.39, 0.29) is 18.0 Å². The summed E-state index contributed by atoms with van der Waals surface area (Å²) in [6, 6.07) is 11.4. The van der Waals surface area contributed by atoms with Crippen molar-refractivity contribution in [1.29, 1.82) is 0 Å². The van der Waals surface area contributed by atoms with Crippen molar-refractivity contribution in [3.05, 3.63) is 68.7 Å². The summed E-state index contributed by atoms with van der Waals surface area (Å²) >= 11 is 6.04. The maximum Gasteiger partial charge on any atom is 0.273 e. The number of hydrogen-bond donors (Lipinski definition) is 1. The van der Waals surface area contributed by atoms with Gasteiger partial charge in [-0.05, 0) is 24.6 Å². The van der Waals surface area contributed by atoms with E-state index in [1.54, 1.807) is 30.3 Å². The van der Waals surface area contributed by atoms with Gasteiger partial charge in [-0.25, -0.2) is 0 Å². The number of rotatable bonds is 4. The zero-order valence-electron chi connectivity index (χ0n) is 11.3. The second-order valence-electron chi connectivity index (χ2n) is 4.59. The number of hydrogen-bond acceptors (Lipinski definition) is 3. The molecule has 2 rings (SSSR count). The third-order valence-electron chi connectivity index (χ3n) is 2.94. The highest BCUT2D eigenvalue weighted by molar-refractivity contribution is 6.33. The Morgan fingerprint density at radius 2 is 2.00 bits per heavy atom. The minimum absolute atomic E-state index is 0.0670. The number of amides is 1. The highest BCUT2D eigenvalue weighted by atomic mass is 35.5. The number of carbonyl (C=O) groups is 1. The molecule has 0 saturated carbocycles. The normalized spacial score (nSPS) is 10.2. The number of benzene rings is 2. The van der Waals surface area contributed by atoms with Crippen LogP contribution in [0.1, 0.15) is 11.1 Å². The van der Waals surface area contributed by atoms with Crippen molar-refractivity contribution in [3.63, 3.8) is 0 Å². The van der Waals surface area contributed by atoms with Gasteiger partial charge in [-0.15, -0.1) is 0 Å². The predicted molar refractivity (Wildman–Crippen MR) is 81.6 cm³/mol. The molecule has 5 nitrogen and oxygen atoms in total. The fourth-order valence-corrected chi connectivity index (χ4v) is 2.21. The van der Waals surface area contributed by atoms with Gasteiger partial charge >= 0.3 is 0 Å². The quantitative estimate of drug-likeness (QED) is 0.691. The van der Waals surface area contributed by atoms with Crippen molar-refractivity contribution < 1.29 is 9.72 Å². The van der Waals surface area contributed by atoms with Crippen molar-refractivity contribution in [3.8, 4) is 0 Å². The van der Waals surface area contributed by atoms with Crippen LogP contribution in [-0.2, 0) is 11.2 Å². The molecule has 0 heterocycles. The van der Waals surface area contributed by atoms with Crippen LogP contribution in [0, 0.1) is 17.0 Å². The van der Waals surface area contributed by atoms with Gasteiger partial charge in [0.2, 0.25) is 5.91 Å². The molecule has 0 spiro atoms. The molecule has 2 aromatic rings. The van der Waals surface area contributed by atoms with Gasteiger partial charge < -0.3 is 5.32 Å². The van der Waals surface area contributed by atoms with Crippen LogP contribution < -0.4 is 5.32 Å². The summed E-state index contributed by atoms with van der Waals surface area (Å²) in [7, 11) is 0. The molecule has 1 N–H and O–H groups in total. The van der Waals surface area contributed by atoms with Crippen LogP contribution in [0.2, 0.25) is 5.02 Å². The van der Waals surface area contributed by atoms with E-state index in [4.69, 9.17) is 11.6 Å². The van der Waals surface area contributed by atoms with Crippen LogP contribution in [0.15, 0.2) is 42.5 Å². The van der Waals surface area contributed by atoms with E-state index in [1.807, 2.05) is 13.0 Å². The van der Waals surface area contributed by atoms with Gasteiger partial charge in [-0.2, -0.15) is 0 Å². The number of aryl methyl sites for hydroxylation is 1. The Kier molecular flexibility index (Phi) is 4.55. The SMILES string of the molecule is Cc1ccc(NC(=O)Cc2ccccc2[N+](=O)[O-])c(Cl)c1. The summed E-state index contributed by atoms with van der Waals surface area (Å²) < 4.78 is 0. The lowest BCUT2D eigenvalue weighted by atomic mass is 10.1. The molecule has 0 aliphatic carbocycles. The first-order valence-corrected chi connectivity index (χ1v) is 6.63. The number of anilines is 1. The largest absolute Gasteiger partial charge is 0.324 e. The molecule has 21 heavy (non-hydrogen) atoms. The zero-order chi connectivity index (χ0) is 15.4. The first-order valence-electron chi connectivity index (χ1n) is 6.25. The summed E-state index contributed by atoms with van der Waals surface area (Å²) in [5.41, 5.74) is 1.77. The van der Waals surface area contributed by atoms with E-state index < -0.39 is 4.92 Å². The third kappa shape index (κ3) is 3.79. The summed E-state index contributed by atoms with van der Waals surface area (Å²) in [6.07, 6.45) is -0.0820. The standard InChI is InChI=1S/C15H13ClN2O3/c1-10-6-7-13(12(16)8-10)17-15(19)9-11-4-2-3-5-14(11)18(20)21/h2-8H,9H2,1H3,(H,17,19). The lowest BCUT2D eigenvalue weighted by molar-refractivity contribution is -0.385. The lowest BCUT2D eigenvalue weighted by Gasteiger charge is -2.08. The summed E-state index contributed by atoms with van der Waals surface area (Å²) in [4.78, 5) is 22.4. The van der Waals surface area contributed by atoms with E-state index in [9.17, 15) is 14.9 Å². The average molecular weight is 305 g/mol. The smallest absolute Gasteiger partial charge is 0.273 e. The minimum Gasteiger partial charge on any atom is -0.324 e. The second-order valence-corrected chi connectivity index (χ2v) is 5.00. The van der Waals surface area contributed by atoms with Gasteiger partial charge in [0, 0.05) is 11.6 Å². The zero-order valence-corrected chi connectivity index (χ0v) is 12.1. The highest BCUT2D eigenvalue weighted by Gasteiger charge is 2.16. The molecule has 108 valence electrons. The van der Waals surface area contributed by atoms with E-state index in [0.717, 1.165) is 5.56 Å². The maximum absolute atomic E-state index is 12.0. The Balaban J connectivity index is 2.14. The molecule has 0 bridgehead atoms. The van der Waals surface area contributed by atoms with Crippen LogP contribution in [-0.4, -0.2) is 10.8 Å². The van der Waals surface area contributed by atoms with Crippen LogP contribution in [0.25, 0.3) is 0 Å². The van der Waals surface area contributed by atoms with Gasteiger partial charge in [0.15, 0.2) is 0 Å². The average Bonchev–Trinajstić information content (AvgIpc) is 2.42. The fourth-order valence-electron chi connectivity index (χ4n) is 1.93. The Hall–Kier alpha value is -2.40. The Morgan fingerprint density at radius 3 is 2.67 bits per heavy atom. The first-order chi connectivity index (χ1) is 9.97. The molecule has 1 amide bonds. The molecule has 2 aromatic carbocycles. The van der Waals surface area contributed by atoms with E-state index in [1.165, 1.54) is 6.07 Å².